The number of anilines is 1. The molecule has 1 fully saturated rings. The molecule has 0 saturated carbocycles. The van der Waals surface area contributed by atoms with E-state index in [4.69, 9.17) is 10.8 Å². The number of piperazine rings is 1. The van der Waals surface area contributed by atoms with Gasteiger partial charge in [-0.05, 0) is 31.0 Å². The Kier molecular flexibility index (Phi) is 4.98. The van der Waals surface area contributed by atoms with Crippen LogP contribution in [0.1, 0.15) is 12.0 Å². The lowest BCUT2D eigenvalue weighted by molar-refractivity contribution is -0.138. The van der Waals surface area contributed by atoms with Gasteiger partial charge >= 0.3 is 5.97 Å². The second-order valence-corrected chi connectivity index (χ2v) is 5.40. The van der Waals surface area contributed by atoms with E-state index in [9.17, 15) is 4.79 Å². The average Bonchev–Trinajstić information content (AvgIpc) is 2.45. The Morgan fingerprint density at radius 1 is 1.35 bits per heavy atom. The van der Waals surface area contributed by atoms with Crippen LogP contribution in [-0.4, -0.2) is 54.7 Å². The van der Waals surface area contributed by atoms with Gasteiger partial charge in [0.1, 0.15) is 6.04 Å². The largest absolute Gasteiger partial charge is 0.480 e. The van der Waals surface area contributed by atoms with Crippen molar-refractivity contribution in [2.24, 2.45) is 5.73 Å². The summed E-state index contributed by atoms with van der Waals surface area (Å²) in [5.41, 5.74) is 8.08. The van der Waals surface area contributed by atoms with Crippen LogP contribution in [-0.2, 0) is 4.79 Å². The van der Waals surface area contributed by atoms with Crippen LogP contribution in [0.2, 0.25) is 0 Å². The van der Waals surface area contributed by atoms with Crippen molar-refractivity contribution in [2.45, 2.75) is 19.4 Å². The van der Waals surface area contributed by atoms with Gasteiger partial charge in [-0.25, -0.2) is 0 Å². The third kappa shape index (κ3) is 3.95. The van der Waals surface area contributed by atoms with Gasteiger partial charge < -0.3 is 15.7 Å². The molecule has 110 valence electrons. The van der Waals surface area contributed by atoms with Crippen molar-refractivity contribution in [3.63, 3.8) is 0 Å². The molecule has 1 aliphatic rings. The van der Waals surface area contributed by atoms with Gasteiger partial charge in [0.15, 0.2) is 0 Å². The predicted molar refractivity (Wildman–Crippen MR) is 80.1 cm³/mol. The third-order valence-corrected chi connectivity index (χ3v) is 3.81. The molecule has 0 radical (unpaired) electrons. The Balaban J connectivity index is 1.79. The molecule has 1 heterocycles. The van der Waals surface area contributed by atoms with Gasteiger partial charge in [-0.1, -0.05) is 12.1 Å². The fraction of sp³-hybridized carbons (Fsp3) is 0.533. The summed E-state index contributed by atoms with van der Waals surface area (Å²) in [5.74, 6) is -0.914. The van der Waals surface area contributed by atoms with Crippen LogP contribution in [0.25, 0.3) is 0 Å². The lowest BCUT2D eigenvalue weighted by Gasteiger charge is -2.36. The fourth-order valence-electron chi connectivity index (χ4n) is 2.50. The van der Waals surface area contributed by atoms with Gasteiger partial charge in [0.2, 0.25) is 0 Å². The van der Waals surface area contributed by atoms with Crippen molar-refractivity contribution in [3.8, 4) is 0 Å². The molecule has 20 heavy (non-hydrogen) atoms. The quantitative estimate of drug-likeness (QED) is 0.837. The summed E-state index contributed by atoms with van der Waals surface area (Å²) in [4.78, 5) is 15.4. The molecule has 2 rings (SSSR count). The normalized spacial score (nSPS) is 18.0. The molecule has 0 spiro atoms. The van der Waals surface area contributed by atoms with Crippen molar-refractivity contribution < 1.29 is 9.90 Å². The first-order chi connectivity index (χ1) is 9.56. The number of nitrogens with zero attached hydrogens (tertiary/aromatic N) is 2. The van der Waals surface area contributed by atoms with E-state index >= 15 is 0 Å². The van der Waals surface area contributed by atoms with Crippen molar-refractivity contribution in [3.05, 3.63) is 29.8 Å². The van der Waals surface area contributed by atoms with Crippen LogP contribution >= 0.6 is 0 Å². The Labute approximate surface area is 120 Å². The molecule has 0 aliphatic carbocycles. The van der Waals surface area contributed by atoms with Gasteiger partial charge in [0, 0.05) is 38.4 Å². The van der Waals surface area contributed by atoms with E-state index < -0.39 is 12.0 Å². The minimum Gasteiger partial charge on any atom is -0.480 e. The topological polar surface area (TPSA) is 69.8 Å². The number of nitrogens with two attached hydrogens (primary N) is 1. The van der Waals surface area contributed by atoms with E-state index in [-0.39, 0.29) is 0 Å². The summed E-state index contributed by atoms with van der Waals surface area (Å²) >= 11 is 0. The van der Waals surface area contributed by atoms with Crippen molar-refractivity contribution in [1.82, 2.24) is 4.90 Å². The maximum atomic E-state index is 10.7. The number of carboxylic acids is 1. The molecular formula is C15H23N3O2. The maximum absolute atomic E-state index is 10.7. The number of carbonyl (C=O) groups is 1. The first kappa shape index (κ1) is 14.8. The van der Waals surface area contributed by atoms with Gasteiger partial charge in [-0.15, -0.1) is 0 Å². The van der Waals surface area contributed by atoms with Gasteiger partial charge in [0.25, 0.3) is 0 Å². The monoisotopic (exact) mass is 277 g/mol. The summed E-state index contributed by atoms with van der Waals surface area (Å²) in [6.45, 7) is 6.74. The second kappa shape index (κ2) is 6.72. The molecule has 5 nitrogen and oxygen atoms in total. The molecule has 1 saturated heterocycles. The molecule has 5 heteroatoms. The standard InChI is InChI=1S/C15H23N3O2/c1-12-3-2-4-13(11-12)18-9-7-17(8-10-18)6-5-14(16)15(19)20/h2-4,11,14H,5-10,16H2,1H3,(H,19,20). The minimum atomic E-state index is -0.914. The smallest absolute Gasteiger partial charge is 0.320 e. The third-order valence-electron chi connectivity index (χ3n) is 3.81. The molecule has 1 aliphatic heterocycles. The van der Waals surface area contributed by atoms with E-state index in [1.807, 2.05) is 0 Å². The first-order valence-corrected chi connectivity index (χ1v) is 7.08. The Bertz CT molecular complexity index is 456. The molecule has 1 aromatic carbocycles. The lowest BCUT2D eigenvalue weighted by atomic mass is 10.1. The number of aryl methyl sites for hydroxylation is 1. The lowest BCUT2D eigenvalue weighted by Crippen LogP contribution is -2.47. The van der Waals surface area contributed by atoms with E-state index in [2.05, 4.69) is 41.0 Å². The molecule has 3 N–H and O–H groups in total. The van der Waals surface area contributed by atoms with Gasteiger partial charge in [0.05, 0.1) is 0 Å². The molecule has 1 unspecified atom stereocenters. The first-order valence-electron chi connectivity index (χ1n) is 7.08. The Morgan fingerprint density at radius 2 is 2.05 bits per heavy atom. The van der Waals surface area contributed by atoms with Crippen molar-refractivity contribution in [1.29, 1.82) is 0 Å². The summed E-state index contributed by atoms with van der Waals surface area (Å²) in [5, 5.41) is 8.78. The summed E-state index contributed by atoms with van der Waals surface area (Å²) in [7, 11) is 0. The van der Waals surface area contributed by atoms with Crippen LogP contribution in [0.3, 0.4) is 0 Å². The van der Waals surface area contributed by atoms with E-state index in [1.165, 1.54) is 11.3 Å². The SMILES string of the molecule is Cc1cccc(N2CCN(CCC(N)C(=O)O)CC2)c1. The maximum Gasteiger partial charge on any atom is 0.320 e. The van der Waals surface area contributed by atoms with Crippen LogP contribution < -0.4 is 10.6 Å². The molecule has 0 bridgehead atoms. The molecule has 1 atom stereocenters. The number of benzene rings is 1. The number of carboxylic acid groups (broad SMARTS) is 1. The van der Waals surface area contributed by atoms with Crippen molar-refractivity contribution in [2.75, 3.05) is 37.6 Å². The highest BCUT2D eigenvalue weighted by atomic mass is 16.4. The zero-order valence-corrected chi connectivity index (χ0v) is 12.0. The van der Waals surface area contributed by atoms with Crippen LogP contribution in [0.15, 0.2) is 24.3 Å². The number of rotatable bonds is 5. The number of aliphatic carboxylic acids is 1. The molecule has 1 aromatic rings. The zero-order valence-electron chi connectivity index (χ0n) is 12.0. The van der Waals surface area contributed by atoms with Crippen LogP contribution in [0, 0.1) is 6.92 Å². The summed E-state index contributed by atoms with van der Waals surface area (Å²) in [6, 6.07) is 7.79. The summed E-state index contributed by atoms with van der Waals surface area (Å²) in [6.07, 6.45) is 0.514. The fourth-order valence-corrected chi connectivity index (χ4v) is 2.50. The second-order valence-electron chi connectivity index (χ2n) is 5.40. The minimum absolute atomic E-state index is 0.514. The van der Waals surface area contributed by atoms with Gasteiger partial charge in [-0.2, -0.15) is 0 Å². The van der Waals surface area contributed by atoms with Crippen LogP contribution in [0.4, 0.5) is 5.69 Å². The highest BCUT2D eigenvalue weighted by Crippen LogP contribution is 2.17. The van der Waals surface area contributed by atoms with Crippen molar-refractivity contribution >= 4 is 11.7 Å². The highest BCUT2D eigenvalue weighted by Gasteiger charge is 2.19. The molecular weight excluding hydrogens is 254 g/mol. The molecule has 0 amide bonds. The zero-order chi connectivity index (χ0) is 14.5. The average molecular weight is 277 g/mol. The Morgan fingerprint density at radius 3 is 2.65 bits per heavy atom. The number of hydrogen-bond acceptors (Lipinski definition) is 4. The van der Waals surface area contributed by atoms with E-state index in [0.29, 0.717) is 6.42 Å². The van der Waals surface area contributed by atoms with E-state index in [0.717, 1.165) is 32.7 Å². The predicted octanol–water partition coefficient (Wildman–Crippen LogP) is 0.919. The highest BCUT2D eigenvalue weighted by molar-refractivity contribution is 5.72. The summed E-state index contributed by atoms with van der Waals surface area (Å²) < 4.78 is 0. The Hall–Kier alpha value is -1.59. The van der Waals surface area contributed by atoms with Crippen LogP contribution in [0.5, 0.6) is 0 Å². The molecule has 0 aromatic heterocycles. The van der Waals surface area contributed by atoms with E-state index in [1.54, 1.807) is 0 Å². The van der Waals surface area contributed by atoms with Gasteiger partial charge in [-0.3, -0.25) is 9.69 Å². The number of hydrogen-bond donors (Lipinski definition) is 2.